The van der Waals surface area contributed by atoms with E-state index < -0.39 is 15.9 Å². The van der Waals surface area contributed by atoms with Crippen LogP contribution in [0.4, 0.5) is 0 Å². The van der Waals surface area contributed by atoms with Gasteiger partial charge in [-0.1, -0.05) is 31.6 Å². The Morgan fingerprint density at radius 2 is 1.79 bits per heavy atom. The van der Waals surface area contributed by atoms with Crippen LogP contribution in [0.2, 0.25) is 0 Å². The van der Waals surface area contributed by atoms with Crippen molar-refractivity contribution >= 4 is 37.5 Å². The van der Waals surface area contributed by atoms with Gasteiger partial charge in [-0.3, -0.25) is 4.79 Å². The number of aryl methyl sites for hydroxylation is 1. The third kappa shape index (κ3) is 4.68. The summed E-state index contributed by atoms with van der Waals surface area (Å²) < 4.78 is 41.3. The minimum atomic E-state index is -3.59. The van der Waals surface area contributed by atoms with Crippen LogP contribution in [0, 0.1) is 0 Å². The number of benzene rings is 2. The van der Waals surface area contributed by atoms with Crippen molar-refractivity contribution in [2.75, 3.05) is 26.3 Å². The van der Waals surface area contributed by atoms with Gasteiger partial charge >= 0.3 is 0 Å². The minimum absolute atomic E-state index is 0.176. The number of hydrogen-bond donors (Lipinski definition) is 0. The predicted octanol–water partition coefficient (Wildman–Crippen LogP) is 3.56. The Morgan fingerprint density at radius 1 is 1.12 bits per heavy atom. The highest BCUT2D eigenvalue weighted by molar-refractivity contribution is 7.89. The zero-order valence-electron chi connectivity index (χ0n) is 18.9. The lowest BCUT2D eigenvalue weighted by Crippen LogP contribution is -2.31. The summed E-state index contributed by atoms with van der Waals surface area (Å²) >= 11 is 1.38. The molecule has 10 heteroatoms. The number of carbonyl (C=O) groups is 1. The van der Waals surface area contributed by atoms with Gasteiger partial charge in [-0.2, -0.15) is 9.30 Å². The second kappa shape index (κ2) is 9.66. The molecular weight excluding hydrogens is 462 g/mol. The van der Waals surface area contributed by atoms with E-state index in [1.54, 1.807) is 0 Å². The smallest absolute Gasteiger partial charge is 0.279 e. The molecule has 33 heavy (non-hydrogen) atoms. The van der Waals surface area contributed by atoms with Crippen LogP contribution in [0.3, 0.4) is 0 Å². The fourth-order valence-electron chi connectivity index (χ4n) is 3.62. The number of nitrogens with zero attached hydrogens (tertiary/aromatic N) is 3. The molecule has 1 aliphatic heterocycles. The first-order valence-electron chi connectivity index (χ1n) is 10.9. The first-order chi connectivity index (χ1) is 15.8. The Labute approximate surface area is 197 Å². The number of carbonyl (C=O) groups excluding carboxylic acids is 1. The average Bonchev–Trinajstić information content (AvgIpc) is 3.12. The topological polar surface area (TPSA) is 90.2 Å². The Morgan fingerprint density at radius 3 is 2.42 bits per heavy atom. The molecule has 0 N–H and O–H groups in total. The molecule has 1 amide bonds. The van der Waals surface area contributed by atoms with Crippen LogP contribution in [-0.2, 0) is 17.1 Å². The summed E-state index contributed by atoms with van der Waals surface area (Å²) in [4.78, 5) is 17.8. The lowest BCUT2D eigenvalue weighted by atomic mass is 10.2. The van der Waals surface area contributed by atoms with Gasteiger partial charge in [0.2, 0.25) is 10.0 Å². The summed E-state index contributed by atoms with van der Waals surface area (Å²) in [6, 6.07) is 9.76. The van der Waals surface area contributed by atoms with Crippen LogP contribution in [0.1, 0.15) is 37.0 Å². The van der Waals surface area contributed by atoms with E-state index >= 15 is 0 Å². The lowest BCUT2D eigenvalue weighted by molar-refractivity contribution is 0.0998. The van der Waals surface area contributed by atoms with Crippen molar-refractivity contribution < 1.29 is 22.7 Å². The van der Waals surface area contributed by atoms with Crippen LogP contribution in [0.15, 0.2) is 46.3 Å². The Bertz CT molecular complexity index is 1340. The zero-order valence-corrected chi connectivity index (χ0v) is 20.5. The van der Waals surface area contributed by atoms with Crippen molar-refractivity contribution in [1.29, 1.82) is 0 Å². The number of ether oxygens (including phenoxy) is 2. The van der Waals surface area contributed by atoms with Crippen molar-refractivity contribution in [1.82, 2.24) is 8.87 Å². The van der Waals surface area contributed by atoms with E-state index in [0.717, 1.165) is 23.1 Å². The maximum Gasteiger partial charge on any atom is 0.279 e. The standard InChI is InChI=1S/C23H27N3O5S2/c1-4-6-11-26(5-2)33(28,29)17-9-7-16(8-10-17)22(27)24-23-25(3)18-14-19-20(15-21(18)32-23)31-13-12-30-19/h7-10,14-15H,4-6,11-13H2,1-3H3. The molecule has 0 atom stereocenters. The van der Waals surface area contributed by atoms with Gasteiger partial charge in [-0.05, 0) is 30.7 Å². The molecule has 0 fully saturated rings. The van der Waals surface area contributed by atoms with Crippen molar-refractivity contribution in [3.63, 3.8) is 0 Å². The highest BCUT2D eigenvalue weighted by Crippen LogP contribution is 2.35. The number of sulfonamides is 1. The summed E-state index contributed by atoms with van der Waals surface area (Å²) in [5.74, 6) is 0.930. The quantitative estimate of drug-likeness (QED) is 0.506. The molecule has 2 heterocycles. The fraction of sp³-hybridized carbons (Fsp3) is 0.391. The highest BCUT2D eigenvalue weighted by atomic mass is 32.2. The number of hydrogen-bond acceptors (Lipinski definition) is 6. The van der Waals surface area contributed by atoms with Gasteiger partial charge in [-0.25, -0.2) is 8.42 Å². The first kappa shape index (κ1) is 23.5. The van der Waals surface area contributed by atoms with E-state index in [0.29, 0.717) is 48.2 Å². The van der Waals surface area contributed by atoms with Gasteiger partial charge in [0.05, 0.1) is 15.1 Å². The van der Waals surface area contributed by atoms with Crippen molar-refractivity contribution in [3.05, 3.63) is 46.8 Å². The van der Waals surface area contributed by atoms with Gasteiger partial charge in [0, 0.05) is 37.8 Å². The van der Waals surface area contributed by atoms with E-state index in [9.17, 15) is 13.2 Å². The maximum absolute atomic E-state index is 12.9. The zero-order chi connectivity index (χ0) is 23.6. The first-order valence-corrected chi connectivity index (χ1v) is 13.2. The molecule has 0 radical (unpaired) electrons. The van der Waals surface area contributed by atoms with E-state index in [4.69, 9.17) is 9.47 Å². The number of unbranched alkanes of at least 4 members (excludes halogenated alkanes) is 1. The maximum atomic E-state index is 12.9. The van der Waals surface area contributed by atoms with E-state index in [2.05, 4.69) is 4.99 Å². The summed E-state index contributed by atoms with van der Waals surface area (Å²) in [7, 11) is -1.75. The van der Waals surface area contributed by atoms with Crippen LogP contribution in [-0.4, -0.2) is 49.5 Å². The van der Waals surface area contributed by atoms with Crippen LogP contribution in [0.5, 0.6) is 11.5 Å². The molecule has 3 aromatic rings. The number of fused-ring (bicyclic) bond motifs is 2. The monoisotopic (exact) mass is 489 g/mol. The van der Waals surface area contributed by atoms with Crippen LogP contribution in [0.25, 0.3) is 10.2 Å². The number of thiazole rings is 1. The number of aromatic nitrogens is 1. The van der Waals surface area contributed by atoms with Crippen molar-refractivity contribution in [2.24, 2.45) is 12.0 Å². The molecule has 2 aromatic carbocycles. The highest BCUT2D eigenvalue weighted by Gasteiger charge is 2.23. The molecule has 0 aliphatic carbocycles. The third-order valence-electron chi connectivity index (χ3n) is 5.52. The fourth-order valence-corrected chi connectivity index (χ4v) is 6.14. The average molecular weight is 490 g/mol. The van der Waals surface area contributed by atoms with E-state index in [-0.39, 0.29) is 4.90 Å². The van der Waals surface area contributed by atoms with Crippen molar-refractivity contribution in [2.45, 2.75) is 31.6 Å². The SMILES string of the molecule is CCCCN(CC)S(=O)(=O)c1ccc(C(=O)N=c2sc3cc4c(cc3n2C)OCCO4)cc1. The minimum Gasteiger partial charge on any atom is -0.486 e. The van der Waals surface area contributed by atoms with E-state index in [1.165, 1.54) is 39.9 Å². The Balaban J connectivity index is 1.61. The molecule has 1 aliphatic rings. The molecule has 1 aromatic heterocycles. The summed E-state index contributed by atoms with van der Waals surface area (Å²) in [6.45, 7) is 5.74. The summed E-state index contributed by atoms with van der Waals surface area (Å²) in [5, 5.41) is 0. The Hall–Kier alpha value is -2.69. The van der Waals surface area contributed by atoms with Crippen LogP contribution < -0.4 is 14.3 Å². The van der Waals surface area contributed by atoms with Gasteiger partial charge in [-0.15, -0.1) is 0 Å². The molecule has 0 saturated carbocycles. The van der Waals surface area contributed by atoms with Crippen molar-refractivity contribution in [3.8, 4) is 11.5 Å². The normalized spacial score (nSPS) is 14.2. The molecule has 4 rings (SSSR count). The molecular formula is C23H27N3O5S2. The van der Waals surface area contributed by atoms with Gasteiger partial charge in [0.1, 0.15) is 13.2 Å². The lowest BCUT2D eigenvalue weighted by Gasteiger charge is -2.20. The largest absolute Gasteiger partial charge is 0.486 e. The number of rotatable bonds is 7. The molecule has 0 spiro atoms. The second-order valence-electron chi connectivity index (χ2n) is 7.70. The Kier molecular flexibility index (Phi) is 6.87. The molecule has 176 valence electrons. The summed E-state index contributed by atoms with van der Waals surface area (Å²) in [6.07, 6.45) is 1.72. The molecule has 0 unspecified atom stereocenters. The summed E-state index contributed by atoms with van der Waals surface area (Å²) in [5.41, 5.74) is 1.22. The molecule has 0 saturated heterocycles. The number of amides is 1. The van der Waals surface area contributed by atoms with Gasteiger partial charge < -0.3 is 14.0 Å². The van der Waals surface area contributed by atoms with Gasteiger partial charge in [0.15, 0.2) is 16.3 Å². The molecule has 8 nitrogen and oxygen atoms in total. The third-order valence-corrected chi connectivity index (χ3v) is 8.61. The molecule has 0 bridgehead atoms. The van der Waals surface area contributed by atoms with Crippen LogP contribution >= 0.6 is 11.3 Å². The van der Waals surface area contributed by atoms with E-state index in [1.807, 2.05) is 37.6 Å². The predicted molar refractivity (Wildman–Crippen MR) is 127 cm³/mol. The second-order valence-corrected chi connectivity index (χ2v) is 10.6. The van der Waals surface area contributed by atoms with Gasteiger partial charge in [0.25, 0.3) is 5.91 Å².